The van der Waals surface area contributed by atoms with Gasteiger partial charge in [-0.15, -0.1) is 0 Å². The van der Waals surface area contributed by atoms with Crippen LogP contribution in [0.3, 0.4) is 0 Å². The predicted molar refractivity (Wildman–Crippen MR) is 85.5 cm³/mol. The van der Waals surface area contributed by atoms with Gasteiger partial charge in [-0.25, -0.2) is 4.79 Å². The summed E-state index contributed by atoms with van der Waals surface area (Å²) >= 11 is 0. The lowest BCUT2D eigenvalue weighted by atomic mass is 10.0. The van der Waals surface area contributed by atoms with E-state index < -0.39 is 0 Å². The second kappa shape index (κ2) is 7.36. The third kappa shape index (κ3) is 3.92. The summed E-state index contributed by atoms with van der Waals surface area (Å²) in [6.07, 6.45) is 0.573. The largest absolute Gasteiger partial charge is 0.457 e. The molecule has 112 valence electrons. The molecule has 0 aromatic heterocycles. The van der Waals surface area contributed by atoms with E-state index in [9.17, 15) is 9.59 Å². The number of benzene rings is 2. The number of ether oxygens (including phenoxy) is 1. The first kappa shape index (κ1) is 15.7. The van der Waals surface area contributed by atoms with Crippen LogP contribution < -0.4 is 0 Å². The van der Waals surface area contributed by atoms with Crippen LogP contribution in [-0.2, 0) is 16.1 Å². The minimum atomic E-state index is -0.382. The minimum absolute atomic E-state index is 0.0245. The monoisotopic (exact) mass is 294 g/mol. The SMILES string of the molecule is C=C(CC)C(=O)OCc1ccc(C(=O)c2ccccc2)cc1. The molecule has 3 nitrogen and oxygen atoms in total. The fourth-order valence-electron chi connectivity index (χ4n) is 1.90. The number of rotatable bonds is 6. The molecular formula is C19H18O3. The van der Waals surface area contributed by atoms with Crippen LogP contribution in [0.15, 0.2) is 66.7 Å². The molecule has 0 aliphatic rings. The Balaban J connectivity index is 2.00. The molecule has 0 aliphatic heterocycles. The molecular weight excluding hydrogens is 276 g/mol. The highest BCUT2D eigenvalue weighted by atomic mass is 16.5. The smallest absolute Gasteiger partial charge is 0.333 e. The maximum Gasteiger partial charge on any atom is 0.333 e. The summed E-state index contributed by atoms with van der Waals surface area (Å²) in [4.78, 5) is 23.8. The molecule has 0 unspecified atom stereocenters. The van der Waals surface area contributed by atoms with Crippen molar-refractivity contribution >= 4 is 11.8 Å². The summed E-state index contributed by atoms with van der Waals surface area (Å²) in [7, 11) is 0. The van der Waals surface area contributed by atoms with E-state index in [1.54, 1.807) is 36.4 Å². The van der Waals surface area contributed by atoms with E-state index in [-0.39, 0.29) is 18.4 Å². The van der Waals surface area contributed by atoms with E-state index in [0.717, 1.165) is 5.56 Å². The Hall–Kier alpha value is -2.68. The predicted octanol–water partition coefficient (Wildman–Crippen LogP) is 3.93. The van der Waals surface area contributed by atoms with Gasteiger partial charge in [-0.2, -0.15) is 0 Å². The second-order valence-electron chi connectivity index (χ2n) is 4.93. The maximum absolute atomic E-state index is 12.3. The molecule has 0 aliphatic carbocycles. The van der Waals surface area contributed by atoms with Crippen molar-refractivity contribution in [2.75, 3.05) is 0 Å². The number of hydrogen-bond donors (Lipinski definition) is 0. The van der Waals surface area contributed by atoms with Gasteiger partial charge in [0.05, 0.1) is 0 Å². The summed E-state index contributed by atoms with van der Waals surface area (Å²) in [5, 5.41) is 0. The van der Waals surface area contributed by atoms with Crippen molar-refractivity contribution in [2.45, 2.75) is 20.0 Å². The van der Waals surface area contributed by atoms with Gasteiger partial charge in [0.2, 0.25) is 0 Å². The number of carbonyl (C=O) groups excluding carboxylic acids is 2. The molecule has 2 aromatic carbocycles. The minimum Gasteiger partial charge on any atom is -0.457 e. The first-order valence-corrected chi connectivity index (χ1v) is 7.15. The lowest BCUT2D eigenvalue weighted by Gasteiger charge is -2.06. The lowest BCUT2D eigenvalue weighted by Crippen LogP contribution is -2.07. The molecule has 3 heteroatoms. The van der Waals surface area contributed by atoms with E-state index in [1.807, 2.05) is 25.1 Å². The number of hydrogen-bond acceptors (Lipinski definition) is 3. The molecule has 0 heterocycles. The molecule has 0 radical (unpaired) electrons. The zero-order valence-electron chi connectivity index (χ0n) is 12.5. The molecule has 0 atom stereocenters. The second-order valence-corrected chi connectivity index (χ2v) is 4.93. The van der Waals surface area contributed by atoms with Gasteiger partial charge in [0.15, 0.2) is 5.78 Å². The fourth-order valence-corrected chi connectivity index (χ4v) is 1.90. The van der Waals surface area contributed by atoms with Crippen LogP contribution >= 0.6 is 0 Å². The van der Waals surface area contributed by atoms with Crippen molar-refractivity contribution in [3.05, 3.63) is 83.4 Å². The summed E-state index contributed by atoms with van der Waals surface area (Å²) in [5.41, 5.74) is 2.55. The Bertz CT molecular complexity index is 670. The molecule has 2 aromatic rings. The molecule has 0 saturated carbocycles. The maximum atomic E-state index is 12.3. The molecule has 0 spiro atoms. The molecule has 0 bridgehead atoms. The summed E-state index contributed by atoms with van der Waals surface area (Å²) < 4.78 is 5.14. The summed E-state index contributed by atoms with van der Waals surface area (Å²) in [5.74, 6) is -0.407. The number of carbonyl (C=O) groups is 2. The fraction of sp³-hybridized carbons (Fsp3) is 0.158. The van der Waals surface area contributed by atoms with Crippen molar-refractivity contribution in [1.82, 2.24) is 0 Å². The van der Waals surface area contributed by atoms with Gasteiger partial charge in [-0.1, -0.05) is 68.1 Å². The Kier molecular flexibility index (Phi) is 5.26. The van der Waals surface area contributed by atoms with Crippen molar-refractivity contribution in [3.8, 4) is 0 Å². The van der Waals surface area contributed by atoms with Crippen molar-refractivity contribution < 1.29 is 14.3 Å². The van der Waals surface area contributed by atoms with Gasteiger partial charge in [0.25, 0.3) is 0 Å². The molecule has 0 N–H and O–H groups in total. The summed E-state index contributed by atoms with van der Waals surface area (Å²) in [6.45, 7) is 5.67. The Morgan fingerprint density at radius 3 is 2.14 bits per heavy atom. The first-order chi connectivity index (χ1) is 10.6. The zero-order chi connectivity index (χ0) is 15.9. The third-order valence-electron chi connectivity index (χ3n) is 3.34. The number of esters is 1. The van der Waals surface area contributed by atoms with Gasteiger partial charge in [0, 0.05) is 16.7 Å². The third-order valence-corrected chi connectivity index (χ3v) is 3.34. The highest BCUT2D eigenvalue weighted by Gasteiger charge is 2.09. The highest BCUT2D eigenvalue weighted by Crippen LogP contribution is 2.12. The van der Waals surface area contributed by atoms with Crippen molar-refractivity contribution in [1.29, 1.82) is 0 Å². The van der Waals surface area contributed by atoms with Crippen LogP contribution in [0.2, 0.25) is 0 Å². The van der Waals surface area contributed by atoms with Crippen LogP contribution in [0.25, 0.3) is 0 Å². The average molecular weight is 294 g/mol. The van der Waals surface area contributed by atoms with Crippen molar-refractivity contribution in [2.24, 2.45) is 0 Å². The molecule has 0 amide bonds. The van der Waals surface area contributed by atoms with Crippen LogP contribution in [0.4, 0.5) is 0 Å². The number of ketones is 1. The Morgan fingerprint density at radius 1 is 0.955 bits per heavy atom. The van der Waals surface area contributed by atoms with E-state index in [2.05, 4.69) is 6.58 Å². The average Bonchev–Trinajstić information content (AvgIpc) is 2.59. The highest BCUT2D eigenvalue weighted by molar-refractivity contribution is 6.08. The molecule has 0 saturated heterocycles. The van der Waals surface area contributed by atoms with Gasteiger partial charge in [-0.05, 0) is 12.0 Å². The normalized spacial score (nSPS) is 10.0. The van der Waals surface area contributed by atoms with Crippen LogP contribution in [0.5, 0.6) is 0 Å². The van der Waals surface area contributed by atoms with Crippen molar-refractivity contribution in [3.63, 3.8) is 0 Å². The van der Waals surface area contributed by atoms with Gasteiger partial charge < -0.3 is 4.74 Å². The van der Waals surface area contributed by atoms with E-state index in [1.165, 1.54) is 0 Å². The summed E-state index contributed by atoms with van der Waals surface area (Å²) in [6, 6.07) is 16.2. The zero-order valence-corrected chi connectivity index (χ0v) is 12.5. The molecule has 22 heavy (non-hydrogen) atoms. The van der Waals surface area contributed by atoms with Gasteiger partial charge in [-0.3, -0.25) is 4.79 Å². The lowest BCUT2D eigenvalue weighted by molar-refractivity contribution is -0.140. The quantitative estimate of drug-likeness (QED) is 0.460. The van der Waals surface area contributed by atoms with E-state index >= 15 is 0 Å². The van der Waals surface area contributed by atoms with Crippen LogP contribution in [-0.4, -0.2) is 11.8 Å². The van der Waals surface area contributed by atoms with E-state index in [0.29, 0.717) is 23.1 Å². The Morgan fingerprint density at radius 2 is 1.55 bits per heavy atom. The van der Waals surface area contributed by atoms with Crippen LogP contribution in [0.1, 0.15) is 34.8 Å². The molecule has 0 fully saturated rings. The standard InChI is InChI=1S/C19H18O3/c1-3-14(2)19(21)22-13-15-9-11-17(12-10-15)18(20)16-7-5-4-6-8-16/h4-12H,2-3,13H2,1H3. The van der Waals surface area contributed by atoms with E-state index in [4.69, 9.17) is 4.74 Å². The Labute approximate surface area is 130 Å². The van der Waals surface area contributed by atoms with Gasteiger partial charge >= 0.3 is 5.97 Å². The molecule has 2 rings (SSSR count). The first-order valence-electron chi connectivity index (χ1n) is 7.15. The van der Waals surface area contributed by atoms with Gasteiger partial charge in [0.1, 0.15) is 6.61 Å². The van der Waals surface area contributed by atoms with Crippen LogP contribution in [0, 0.1) is 0 Å². The topological polar surface area (TPSA) is 43.4 Å².